The summed E-state index contributed by atoms with van der Waals surface area (Å²) >= 11 is 0. The van der Waals surface area contributed by atoms with Crippen molar-refractivity contribution in [2.75, 3.05) is 27.3 Å². The Hall–Kier alpha value is -3.02. The van der Waals surface area contributed by atoms with Crippen LogP contribution in [0.25, 0.3) is 0 Å². The van der Waals surface area contributed by atoms with E-state index < -0.39 is 0 Å². The number of carbonyl (C=O) groups excluding carboxylic acids is 2. The van der Waals surface area contributed by atoms with Gasteiger partial charge in [-0.3, -0.25) is 9.59 Å². The number of nitrogens with zero attached hydrogens (tertiary/aromatic N) is 1. The number of rotatable bonds is 8. The maximum Gasteiger partial charge on any atom is 0.225 e. The fraction of sp³-hybridized carbons (Fsp3) is 0.417. The zero-order valence-corrected chi connectivity index (χ0v) is 18.2. The van der Waals surface area contributed by atoms with Gasteiger partial charge in [-0.05, 0) is 49.1 Å². The number of carbonyl (C=O) groups is 2. The van der Waals surface area contributed by atoms with E-state index in [1.807, 2.05) is 32.0 Å². The first-order valence-electron chi connectivity index (χ1n) is 10.2. The summed E-state index contributed by atoms with van der Waals surface area (Å²) in [5, 5.41) is 3.00. The Morgan fingerprint density at radius 1 is 1.10 bits per heavy atom. The third kappa shape index (κ3) is 5.12. The van der Waals surface area contributed by atoms with Gasteiger partial charge in [-0.2, -0.15) is 0 Å². The molecule has 0 spiro atoms. The number of likely N-dealkylation sites (tertiary alicyclic amines) is 1. The number of benzene rings is 2. The molecule has 1 aliphatic rings. The van der Waals surface area contributed by atoms with Gasteiger partial charge in [0.25, 0.3) is 0 Å². The number of ether oxygens (including phenoxy) is 2. The minimum atomic E-state index is -0.298. The third-order valence-electron chi connectivity index (χ3n) is 5.66. The summed E-state index contributed by atoms with van der Waals surface area (Å²) in [6, 6.07) is 12.0. The normalized spacial score (nSPS) is 15.9. The maximum atomic E-state index is 12.6. The SMILES string of the molecule is COc1ccc(CCN2C[C@@H](C(=O)NCc3cc(C)ccc3C)CC2=O)cc1OC. The molecule has 1 saturated heterocycles. The number of aryl methyl sites for hydroxylation is 2. The lowest BCUT2D eigenvalue weighted by molar-refractivity contribution is -0.129. The average Bonchev–Trinajstić information content (AvgIpc) is 3.13. The van der Waals surface area contributed by atoms with Crippen molar-refractivity contribution in [3.8, 4) is 11.5 Å². The van der Waals surface area contributed by atoms with E-state index >= 15 is 0 Å². The second-order valence-electron chi connectivity index (χ2n) is 7.83. The van der Waals surface area contributed by atoms with Crippen LogP contribution < -0.4 is 14.8 Å². The number of hydrogen-bond acceptors (Lipinski definition) is 4. The van der Waals surface area contributed by atoms with Crippen molar-refractivity contribution < 1.29 is 19.1 Å². The minimum Gasteiger partial charge on any atom is -0.493 e. The zero-order chi connectivity index (χ0) is 21.7. The molecule has 2 amide bonds. The molecule has 0 saturated carbocycles. The van der Waals surface area contributed by atoms with Crippen molar-refractivity contribution in [2.24, 2.45) is 5.92 Å². The Morgan fingerprint density at radius 2 is 1.87 bits per heavy atom. The summed E-state index contributed by atoms with van der Waals surface area (Å²) in [5.74, 6) is 1.03. The van der Waals surface area contributed by atoms with Gasteiger partial charge in [0, 0.05) is 26.1 Å². The van der Waals surface area contributed by atoms with Crippen LogP contribution in [0, 0.1) is 19.8 Å². The Kier molecular flexibility index (Phi) is 6.98. The second kappa shape index (κ2) is 9.65. The largest absolute Gasteiger partial charge is 0.493 e. The van der Waals surface area contributed by atoms with Gasteiger partial charge >= 0.3 is 0 Å². The molecule has 6 nitrogen and oxygen atoms in total. The Labute approximate surface area is 178 Å². The molecule has 0 radical (unpaired) electrons. The molecule has 2 aromatic carbocycles. The average molecular weight is 411 g/mol. The lowest BCUT2D eigenvalue weighted by atomic mass is 10.0. The molecule has 2 aromatic rings. The summed E-state index contributed by atoms with van der Waals surface area (Å²) in [6.07, 6.45) is 0.966. The summed E-state index contributed by atoms with van der Waals surface area (Å²) in [7, 11) is 3.21. The highest BCUT2D eigenvalue weighted by Gasteiger charge is 2.33. The molecule has 160 valence electrons. The number of amides is 2. The highest BCUT2D eigenvalue weighted by atomic mass is 16.5. The first-order chi connectivity index (χ1) is 14.4. The van der Waals surface area contributed by atoms with Crippen LogP contribution in [-0.4, -0.2) is 44.0 Å². The Morgan fingerprint density at radius 3 is 2.60 bits per heavy atom. The molecule has 3 rings (SSSR count). The molecule has 1 heterocycles. The van der Waals surface area contributed by atoms with Crippen LogP contribution >= 0.6 is 0 Å². The van der Waals surface area contributed by atoms with Crippen molar-refractivity contribution in [3.05, 3.63) is 58.7 Å². The molecule has 0 aliphatic carbocycles. The van der Waals surface area contributed by atoms with Crippen LogP contribution in [0.2, 0.25) is 0 Å². The summed E-state index contributed by atoms with van der Waals surface area (Å²) in [4.78, 5) is 26.8. The minimum absolute atomic E-state index is 0.0300. The van der Waals surface area contributed by atoms with Gasteiger partial charge in [-0.25, -0.2) is 0 Å². The van der Waals surface area contributed by atoms with E-state index in [-0.39, 0.29) is 24.2 Å². The van der Waals surface area contributed by atoms with Crippen molar-refractivity contribution in [3.63, 3.8) is 0 Å². The van der Waals surface area contributed by atoms with Crippen LogP contribution in [0.5, 0.6) is 11.5 Å². The van der Waals surface area contributed by atoms with E-state index in [1.165, 1.54) is 5.56 Å². The molecule has 1 aliphatic heterocycles. The van der Waals surface area contributed by atoms with Crippen molar-refractivity contribution >= 4 is 11.8 Å². The van der Waals surface area contributed by atoms with Crippen LogP contribution in [0.1, 0.15) is 28.7 Å². The zero-order valence-electron chi connectivity index (χ0n) is 18.2. The predicted molar refractivity (Wildman–Crippen MR) is 116 cm³/mol. The molecular weight excluding hydrogens is 380 g/mol. The molecule has 1 atom stereocenters. The summed E-state index contributed by atoms with van der Waals surface area (Å²) in [6.45, 7) is 5.61. The van der Waals surface area contributed by atoms with Gasteiger partial charge in [0.2, 0.25) is 11.8 Å². The summed E-state index contributed by atoms with van der Waals surface area (Å²) in [5.41, 5.74) is 4.49. The van der Waals surface area contributed by atoms with Crippen molar-refractivity contribution in [2.45, 2.75) is 33.2 Å². The molecule has 6 heteroatoms. The number of nitrogens with one attached hydrogen (secondary N) is 1. The highest BCUT2D eigenvalue weighted by Crippen LogP contribution is 2.28. The van der Waals surface area contributed by atoms with E-state index in [4.69, 9.17) is 9.47 Å². The lowest BCUT2D eigenvalue weighted by Crippen LogP contribution is -2.33. The topological polar surface area (TPSA) is 67.9 Å². The molecule has 0 bridgehead atoms. The number of methoxy groups -OCH3 is 2. The van der Waals surface area contributed by atoms with Crippen molar-refractivity contribution in [1.82, 2.24) is 10.2 Å². The lowest BCUT2D eigenvalue weighted by Gasteiger charge is -2.17. The Balaban J connectivity index is 1.53. The van der Waals surface area contributed by atoms with Gasteiger partial charge in [-0.15, -0.1) is 0 Å². The van der Waals surface area contributed by atoms with Crippen LogP contribution in [0.4, 0.5) is 0 Å². The quantitative estimate of drug-likeness (QED) is 0.726. The first kappa shape index (κ1) is 21.7. The van der Waals surface area contributed by atoms with Gasteiger partial charge in [-0.1, -0.05) is 29.8 Å². The van der Waals surface area contributed by atoms with E-state index in [9.17, 15) is 9.59 Å². The highest BCUT2D eigenvalue weighted by molar-refractivity contribution is 5.89. The van der Waals surface area contributed by atoms with E-state index in [0.29, 0.717) is 37.6 Å². The third-order valence-corrected chi connectivity index (χ3v) is 5.66. The van der Waals surface area contributed by atoms with E-state index in [2.05, 4.69) is 23.5 Å². The smallest absolute Gasteiger partial charge is 0.225 e. The monoisotopic (exact) mass is 410 g/mol. The molecule has 1 N–H and O–H groups in total. The van der Waals surface area contributed by atoms with Gasteiger partial charge in [0.1, 0.15) is 0 Å². The molecule has 1 fully saturated rings. The maximum absolute atomic E-state index is 12.6. The second-order valence-corrected chi connectivity index (χ2v) is 7.83. The van der Waals surface area contributed by atoms with Crippen LogP contribution in [0.15, 0.2) is 36.4 Å². The van der Waals surface area contributed by atoms with E-state index in [0.717, 1.165) is 16.7 Å². The fourth-order valence-electron chi connectivity index (χ4n) is 3.78. The number of hydrogen-bond donors (Lipinski definition) is 1. The van der Waals surface area contributed by atoms with Crippen LogP contribution in [-0.2, 0) is 22.6 Å². The first-order valence-corrected chi connectivity index (χ1v) is 10.2. The van der Waals surface area contributed by atoms with Gasteiger partial charge in [0.05, 0.1) is 20.1 Å². The molecule has 30 heavy (non-hydrogen) atoms. The molecule has 0 unspecified atom stereocenters. The van der Waals surface area contributed by atoms with Gasteiger partial charge in [0.15, 0.2) is 11.5 Å². The standard InChI is InChI=1S/C24H30N2O4/c1-16-5-6-17(2)19(11-16)14-25-24(28)20-13-23(27)26(15-20)10-9-18-7-8-21(29-3)22(12-18)30-4/h5-8,11-12,20H,9-10,13-15H2,1-4H3,(H,25,28)/t20-/m0/s1. The predicted octanol–water partition coefficient (Wildman–Crippen LogP) is 3.03. The van der Waals surface area contributed by atoms with E-state index in [1.54, 1.807) is 19.1 Å². The molecule has 0 aromatic heterocycles. The van der Waals surface area contributed by atoms with Gasteiger partial charge < -0.3 is 19.7 Å². The summed E-state index contributed by atoms with van der Waals surface area (Å²) < 4.78 is 10.6. The fourth-order valence-corrected chi connectivity index (χ4v) is 3.78. The molecular formula is C24H30N2O4. The Bertz CT molecular complexity index is 925. The van der Waals surface area contributed by atoms with Crippen molar-refractivity contribution in [1.29, 1.82) is 0 Å². The van der Waals surface area contributed by atoms with Crippen LogP contribution in [0.3, 0.4) is 0 Å².